The fraction of sp³-hybridized carbons (Fsp3) is 0.792. The fourth-order valence-electron chi connectivity index (χ4n) is 7.35. The predicted octanol–water partition coefficient (Wildman–Crippen LogP) is 12.2. The molecule has 14 heteroatoms. The van der Waals surface area contributed by atoms with Gasteiger partial charge in [-0.3, -0.25) is 23.2 Å². The lowest BCUT2D eigenvalue weighted by Crippen LogP contribution is -2.30. The molecule has 0 radical (unpaired) electrons. The number of carbonyl (C=O) groups is 2. The Labute approximate surface area is 373 Å². The minimum absolute atomic E-state index is 0.0998. The van der Waals surface area contributed by atoms with E-state index in [0.29, 0.717) is 25.7 Å². The maximum atomic E-state index is 12.9. The number of aromatic nitrogens is 2. The van der Waals surface area contributed by atoms with Gasteiger partial charge in [-0.05, 0) is 83.1 Å². The molecule has 62 heavy (non-hydrogen) atoms. The van der Waals surface area contributed by atoms with E-state index in [1.807, 2.05) is 0 Å². The molecule has 0 bridgehead atoms. The Bertz CT molecular complexity index is 1470. The normalized spacial score (nSPS) is 16.9. The summed E-state index contributed by atoms with van der Waals surface area (Å²) in [4.78, 5) is 51.8. The maximum absolute atomic E-state index is 12.9. The first kappa shape index (κ1) is 55.3. The van der Waals surface area contributed by atoms with E-state index in [4.69, 9.17) is 29.0 Å². The number of rotatable bonds is 40. The first-order valence-corrected chi connectivity index (χ1v) is 25.9. The summed E-state index contributed by atoms with van der Waals surface area (Å²) < 4.78 is 41.5. The van der Waals surface area contributed by atoms with Crippen LogP contribution in [0.15, 0.2) is 41.4 Å². The Kier molecular flexibility index (Phi) is 32.6. The molecule has 1 saturated heterocycles. The molecule has 1 fully saturated rings. The standard InChI is InChI=1S/C48H84N3O10P/c1-3-5-7-9-11-13-15-17-19-21-23-25-27-29-31-33-46(52)57-39-43(61-47(53)34-32-30-28-26-24-22-20-18-16-14-12-10-8-6-4-2)41-59-62(55,56)58-40-42-35-36-45(60-42)51-38-37-44(49)50-48(51)54/h17-20,37-38,42-43,45H,3-16,21-36,39-41H2,1-2H3,(H,55,56)(H2,49,50,54)/b19-17+,20-18+. The molecule has 13 nitrogen and oxygen atoms in total. The molecule has 1 aliphatic heterocycles. The molecular formula is C48H84N3O10P. The van der Waals surface area contributed by atoms with Gasteiger partial charge in [0.25, 0.3) is 0 Å². The molecule has 0 amide bonds. The molecule has 0 aromatic carbocycles. The van der Waals surface area contributed by atoms with Gasteiger partial charge in [-0.25, -0.2) is 9.36 Å². The van der Waals surface area contributed by atoms with E-state index in [1.54, 1.807) is 0 Å². The van der Waals surface area contributed by atoms with Gasteiger partial charge in [0.2, 0.25) is 0 Å². The van der Waals surface area contributed by atoms with Gasteiger partial charge >= 0.3 is 25.5 Å². The van der Waals surface area contributed by atoms with Crippen molar-refractivity contribution >= 4 is 25.6 Å². The summed E-state index contributed by atoms with van der Waals surface area (Å²) in [6.45, 7) is 3.40. The number of phosphoric ester groups is 1. The van der Waals surface area contributed by atoms with Crippen LogP contribution in [-0.4, -0.2) is 58.4 Å². The number of esters is 2. The molecule has 0 spiro atoms. The molecule has 4 atom stereocenters. The van der Waals surface area contributed by atoms with Crippen LogP contribution >= 0.6 is 7.82 Å². The number of nitrogens with two attached hydrogens (primary N) is 1. The second-order valence-corrected chi connectivity index (χ2v) is 18.3. The third-order valence-electron chi connectivity index (χ3n) is 11.1. The minimum atomic E-state index is -4.62. The van der Waals surface area contributed by atoms with E-state index in [-0.39, 0.29) is 31.9 Å². The van der Waals surface area contributed by atoms with Crippen LogP contribution < -0.4 is 11.4 Å². The van der Waals surface area contributed by atoms with Crippen molar-refractivity contribution in [2.24, 2.45) is 0 Å². The zero-order chi connectivity index (χ0) is 44.9. The molecule has 2 heterocycles. The predicted molar refractivity (Wildman–Crippen MR) is 248 cm³/mol. The number of nitrogens with zero attached hydrogens (tertiary/aromatic N) is 2. The molecule has 2 rings (SSSR count). The number of allylic oxidation sites excluding steroid dienone is 4. The van der Waals surface area contributed by atoms with Crippen LogP contribution in [0.1, 0.15) is 213 Å². The van der Waals surface area contributed by atoms with Gasteiger partial charge in [0.05, 0.1) is 19.3 Å². The highest BCUT2D eigenvalue weighted by molar-refractivity contribution is 7.47. The van der Waals surface area contributed by atoms with Crippen LogP contribution in [-0.2, 0) is 37.4 Å². The summed E-state index contributed by atoms with van der Waals surface area (Å²) in [7, 11) is -4.62. The summed E-state index contributed by atoms with van der Waals surface area (Å²) in [5.74, 6) is -0.813. The number of unbranched alkanes of at least 4 members (excludes halogenated alkanes) is 22. The van der Waals surface area contributed by atoms with Crippen molar-refractivity contribution in [2.75, 3.05) is 25.6 Å². The Morgan fingerprint density at radius 3 is 1.74 bits per heavy atom. The van der Waals surface area contributed by atoms with Crippen LogP contribution in [0.4, 0.5) is 5.82 Å². The number of hydrogen-bond acceptors (Lipinski definition) is 11. The zero-order valence-corrected chi connectivity index (χ0v) is 39.5. The number of anilines is 1. The van der Waals surface area contributed by atoms with E-state index in [2.05, 4.69) is 43.1 Å². The van der Waals surface area contributed by atoms with Gasteiger partial charge in [0, 0.05) is 19.0 Å². The second-order valence-electron chi connectivity index (χ2n) is 16.9. The lowest BCUT2D eigenvalue weighted by atomic mass is 10.1. The van der Waals surface area contributed by atoms with Crippen LogP contribution in [0.3, 0.4) is 0 Å². The SMILES string of the molecule is CCCCCCCC/C=C/CCCCCCCC(=O)OCC(COP(=O)(O)OCC1CCC(n2ccc(N)nc2=O)O1)OC(=O)CCCCCCC/C=C/CCCCCCCC. The molecule has 1 aromatic heterocycles. The molecule has 4 unspecified atom stereocenters. The summed E-state index contributed by atoms with van der Waals surface area (Å²) in [5.41, 5.74) is 5.02. The van der Waals surface area contributed by atoms with Gasteiger partial charge in [-0.15, -0.1) is 0 Å². The summed E-state index contributed by atoms with van der Waals surface area (Å²) in [6, 6.07) is 1.49. The van der Waals surface area contributed by atoms with Gasteiger partial charge in [-0.1, -0.05) is 141 Å². The van der Waals surface area contributed by atoms with E-state index >= 15 is 0 Å². The van der Waals surface area contributed by atoms with Crippen LogP contribution in [0.5, 0.6) is 0 Å². The van der Waals surface area contributed by atoms with Crippen molar-refractivity contribution < 1.29 is 42.3 Å². The van der Waals surface area contributed by atoms with Gasteiger partial charge in [0.15, 0.2) is 6.10 Å². The summed E-state index contributed by atoms with van der Waals surface area (Å²) in [5, 5.41) is 0. The van der Waals surface area contributed by atoms with Crippen LogP contribution in [0.25, 0.3) is 0 Å². The molecule has 0 saturated carbocycles. The van der Waals surface area contributed by atoms with Crippen molar-refractivity contribution in [3.63, 3.8) is 0 Å². The Hall–Kier alpha value is -2.83. The van der Waals surface area contributed by atoms with E-state index in [0.717, 1.165) is 77.0 Å². The smallest absolute Gasteiger partial charge is 0.462 e. The van der Waals surface area contributed by atoms with Crippen molar-refractivity contribution in [3.05, 3.63) is 47.1 Å². The lowest BCUT2D eigenvalue weighted by Gasteiger charge is -2.21. The highest BCUT2D eigenvalue weighted by atomic mass is 31.2. The first-order chi connectivity index (χ1) is 30.1. The highest BCUT2D eigenvalue weighted by Crippen LogP contribution is 2.44. The van der Waals surface area contributed by atoms with Crippen LogP contribution in [0, 0.1) is 0 Å². The molecule has 3 N–H and O–H groups in total. The summed E-state index contributed by atoms with van der Waals surface area (Å²) in [6.07, 6.45) is 39.7. The average molecular weight is 894 g/mol. The van der Waals surface area contributed by atoms with Gasteiger partial charge in [0.1, 0.15) is 18.7 Å². The molecule has 356 valence electrons. The lowest BCUT2D eigenvalue weighted by molar-refractivity contribution is -0.161. The third kappa shape index (κ3) is 29.5. The van der Waals surface area contributed by atoms with Crippen molar-refractivity contribution in [1.82, 2.24) is 9.55 Å². The number of ether oxygens (including phenoxy) is 3. The van der Waals surface area contributed by atoms with Gasteiger partial charge < -0.3 is 24.8 Å². The number of nitrogen functional groups attached to an aromatic ring is 1. The fourth-order valence-corrected chi connectivity index (χ4v) is 8.13. The van der Waals surface area contributed by atoms with Crippen molar-refractivity contribution in [2.45, 2.75) is 225 Å². The van der Waals surface area contributed by atoms with Crippen molar-refractivity contribution in [3.8, 4) is 0 Å². The Balaban J connectivity index is 1.71. The quantitative estimate of drug-likeness (QED) is 0.0276. The van der Waals surface area contributed by atoms with Crippen LogP contribution in [0.2, 0.25) is 0 Å². The van der Waals surface area contributed by atoms with Gasteiger partial charge in [-0.2, -0.15) is 4.98 Å². The first-order valence-electron chi connectivity index (χ1n) is 24.4. The topological polar surface area (TPSA) is 178 Å². The average Bonchev–Trinajstić information content (AvgIpc) is 3.72. The Morgan fingerprint density at radius 1 is 0.742 bits per heavy atom. The monoisotopic (exact) mass is 894 g/mol. The second kappa shape index (κ2) is 36.5. The van der Waals surface area contributed by atoms with E-state index < -0.39 is 50.5 Å². The number of phosphoric acid groups is 1. The molecule has 0 aliphatic carbocycles. The largest absolute Gasteiger partial charge is 0.472 e. The number of carbonyl (C=O) groups excluding carboxylic acids is 2. The van der Waals surface area contributed by atoms with Crippen molar-refractivity contribution in [1.29, 1.82) is 0 Å². The third-order valence-corrected chi connectivity index (χ3v) is 12.1. The summed E-state index contributed by atoms with van der Waals surface area (Å²) >= 11 is 0. The Morgan fingerprint density at radius 2 is 1.23 bits per heavy atom. The molecule has 1 aromatic rings. The molecule has 1 aliphatic rings. The van der Waals surface area contributed by atoms with E-state index in [9.17, 15) is 23.8 Å². The number of hydrogen-bond donors (Lipinski definition) is 2. The van der Waals surface area contributed by atoms with E-state index in [1.165, 1.54) is 93.9 Å². The maximum Gasteiger partial charge on any atom is 0.472 e. The highest BCUT2D eigenvalue weighted by Gasteiger charge is 2.32. The minimum Gasteiger partial charge on any atom is -0.462 e. The zero-order valence-electron chi connectivity index (χ0n) is 38.6. The molecular weight excluding hydrogens is 810 g/mol.